The lowest BCUT2D eigenvalue weighted by Gasteiger charge is -2.08. The van der Waals surface area contributed by atoms with E-state index in [2.05, 4.69) is 35.1 Å². The Balaban J connectivity index is 1.71. The number of ether oxygens (including phenoxy) is 1. The van der Waals surface area contributed by atoms with E-state index in [4.69, 9.17) is 16.3 Å². The van der Waals surface area contributed by atoms with Gasteiger partial charge in [0.1, 0.15) is 0 Å². The van der Waals surface area contributed by atoms with Crippen molar-refractivity contribution in [2.24, 2.45) is 0 Å². The van der Waals surface area contributed by atoms with E-state index in [9.17, 15) is 0 Å². The summed E-state index contributed by atoms with van der Waals surface area (Å²) < 4.78 is 7.71. The number of hydrogen-bond acceptors (Lipinski definition) is 2. The first-order chi connectivity index (χ1) is 9.83. The van der Waals surface area contributed by atoms with Gasteiger partial charge >= 0.3 is 0 Å². The highest BCUT2D eigenvalue weighted by molar-refractivity contribution is 6.35. The molecule has 0 aliphatic carbocycles. The second-order valence-electron chi connectivity index (χ2n) is 4.90. The van der Waals surface area contributed by atoms with Crippen molar-refractivity contribution in [3.63, 3.8) is 0 Å². The van der Waals surface area contributed by atoms with Crippen LogP contribution in [0.2, 0.25) is 5.02 Å². The van der Waals surface area contributed by atoms with E-state index >= 15 is 0 Å². The topological polar surface area (TPSA) is 26.2 Å². The minimum absolute atomic E-state index is 0.785. The van der Waals surface area contributed by atoms with Gasteiger partial charge in [0, 0.05) is 37.8 Å². The van der Waals surface area contributed by atoms with Gasteiger partial charge < -0.3 is 14.6 Å². The van der Waals surface area contributed by atoms with E-state index in [-0.39, 0.29) is 0 Å². The average molecular weight is 295 g/mol. The van der Waals surface area contributed by atoms with Crippen LogP contribution < -0.4 is 5.32 Å². The van der Waals surface area contributed by atoms with Crippen LogP contribution in [-0.2, 0) is 11.3 Å². The van der Waals surface area contributed by atoms with Crippen molar-refractivity contribution in [2.45, 2.75) is 26.3 Å². The highest BCUT2D eigenvalue weighted by Crippen LogP contribution is 2.23. The van der Waals surface area contributed by atoms with Crippen molar-refractivity contribution in [3.8, 4) is 0 Å². The quantitative estimate of drug-likeness (QED) is 0.714. The lowest BCUT2D eigenvalue weighted by atomic mass is 10.2. The predicted octanol–water partition coefficient (Wildman–Crippen LogP) is 3.70. The summed E-state index contributed by atoms with van der Waals surface area (Å²) in [6.45, 7) is 6.57. The molecule has 0 fully saturated rings. The Morgan fingerprint density at radius 3 is 2.95 bits per heavy atom. The summed E-state index contributed by atoms with van der Waals surface area (Å²) in [6, 6.07) is 8.12. The Labute approximate surface area is 125 Å². The first-order valence-corrected chi connectivity index (χ1v) is 7.72. The molecule has 0 amide bonds. The number of aromatic nitrogens is 1. The maximum absolute atomic E-state index is 6.25. The molecule has 0 spiro atoms. The molecule has 1 heterocycles. The molecule has 0 saturated carbocycles. The van der Waals surface area contributed by atoms with Gasteiger partial charge in [-0.25, -0.2) is 0 Å². The number of para-hydroxylation sites is 1. The summed E-state index contributed by atoms with van der Waals surface area (Å²) in [5.74, 6) is 0. The number of benzene rings is 1. The van der Waals surface area contributed by atoms with Gasteiger partial charge in [-0.3, -0.25) is 0 Å². The first kappa shape index (κ1) is 15.4. The van der Waals surface area contributed by atoms with E-state index in [0.717, 1.165) is 49.8 Å². The first-order valence-electron chi connectivity index (χ1n) is 7.34. The molecule has 0 unspecified atom stereocenters. The average Bonchev–Trinajstić information content (AvgIpc) is 2.86. The SMILES string of the molecule is CCCCOCCNCCn1ccc2cccc(Cl)c21. The second kappa shape index (κ2) is 8.30. The fourth-order valence-electron chi connectivity index (χ4n) is 2.22. The molecule has 0 bridgehead atoms. The Bertz CT molecular complexity index is 524. The van der Waals surface area contributed by atoms with E-state index in [1.54, 1.807) is 0 Å². The fourth-order valence-corrected chi connectivity index (χ4v) is 2.51. The van der Waals surface area contributed by atoms with Crippen molar-refractivity contribution in [3.05, 3.63) is 35.5 Å². The smallest absolute Gasteiger partial charge is 0.0670 e. The van der Waals surface area contributed by atoms with Crippen LogP contribution in [0.5, 0.6) is 0 Å². The normalized spacial score (nSPS) is 11.3. The number of unbranched alkanes of at least 4 members (excludes halogenated alkanes) is 1. The molecule has 0 aliphatic heterocycles. The Kier molecular flexibility index (Phi) is 6.37. The minimum atomic E-state index is 0.785. The molecular formula is C16H23ClN2O. The van der Waals surface area contributed by atoms with Crippen molar-refractivity contribution in [1.29, 1.82) is 0 Å². The number of rotatable bonds is 9. The molecule has 1 aromatic carbocycles. The van der Waals surface area contributed by atoms with Crippen molar-refractivity contribution >= 4 is 22.5 Å². The Hall–Kier alpha value is -1.03. The van der Waals surface area contributed by atoms with Gasteiger partial charge in [-0.1, -0.05) is 37.1 Å². The molecular weight excluding hydrogens is 272 g/mol. The third-order valence-electron chi connectivity index (χ3n) is 3.33. The number of hydrogen-bond donors (Lipinski definition) is 1. The standard InChI is InChI=1S/C16H23ClN2O/c1-2-3-12-20-13-9-18-8-11-19-10-7-14-5-4-6-15(17)16(14)19/h4-7,10,18H,2-3,8-9,11-13H2,1H3. The fraction of sp³-hybridized carbons (Fsp3) is 0.500. The highest BCUT2D eigenvalue weighted by Gasteiger charge is 2.04. The Morgan fingerprint density at radius 2 is 2.10 bits per heavy atom. The van der Waals surface area contributed by atoms with Crippen molar-refractivity contribution in [2.75, 3.05) is 26.3 Å². The van der Waals surface area contributed by atoms with Crippen LogP contribution in [0.1, 0.15) is 19.8 Å². The van der Waals surface area contributed by atoms with Crippen LogP contribution in [0.15, 0.2) is 30.5 Å². The number of fused-ring (bicyclic) bond motifs is 1. The van der Waals surface area contributed by atoms with Crippen molar-refractivity contribution in [1.82, 2.24) is 9.88 Å². The molecule has 110 valence electrons. The zero-order valence-electron chi connectivity index (χ0n) is 12.1. The van der Waals surface area contributed by atoms with Gasteiger partial charge in [0.25, 0.3) is 0 Å². The summed E-state index contributed by atoms with van der Waals surface area (Å²) >= 11 is 6.25. The summed E-state index contributed by atoms with van der Waals surface area (Å²) in [5, 5.41) is 5.41. The van der Waals surface area contributed by atoms with E-state index in [1.807, 2.05) is 12.1 Å². The zero-order chi connectivity index (χ0) is 14.2. The van der Waals surface area contributed by atoms with Crippen LogP contribution >= 0.6 is 11.6 Å². The molecule has 3 nitrogen and oxygen atoms in total. The summed E-state index contributed by atoms with van der Waals surface area (Å²) in [7, 11) is 0. The predicted molar refractivity (Wildman–Crippen MR) is 85.5 cm³/mol. The summed E-state index contributed by atoms with van der Waals surface area (Å²) in [6.07, 6.45) is 4.43. The second-order valence-corrected chi connectivity index (χ2v) is 5.31. The van der Waals surface area contributed by atoms with Gasteiger partial charge in [0.15, 0.2) is 0 Å². The van der Waals surface area contributed by atoms with Crippen molar-refractivity contribution < 1.29 is 4.74 Å². The molecule has 0 radical (unpaired) electrons. The van der Waals surface area contributed by atoms with E-state index in [1.165, 1.54) is 11.8 Å². The lowest BCUT2D eigenvalue weighted by molar-refractivity contribution is 0.133. The van der Waals surface area contributed by atoms with Crippen LogP contribution in [-0.4, -0.2) is 30.9 Å². The molecule has 0 aliphatic rings. The van der Waals surface area contributed by atoms with E-state index in [0.29, 0.717) is 0 Å². The summed E-state index contributed by atoms with van der Waals surface area (Å²) in [5.41, 5.74) is 1.12. The van der Waals surface area contributed by atoms with E-state index < -0.39 is 0 Å². The van der Waals surface area contributed by atoms with Crippen LogP contribution in [0.3, 0.4) is 0 Å². The maximum atomic E-state index is 6.25. The Morgan fingerprint density at radius 1 is 1.20 bits per heavy atom. The van der Waals surface area contributed by atoms with Gasteiger partial charge in [-0.2, -0.15) is 0 Å². The molecule has 2 aromatic rings. The molecule has 2 rings (SSSR count). The van der Waals surface area contributed by atoms with Gasteiger partial charge in [-0.15, -0.1) is 0 Å². The van der Waals surface area contributed by atoms with Crippen LogP contribution in [0.4, 0.5) is 0 Å². The largest absolute Gasteiger partial charge is 0.380 e. The molecule has 4 heteroatoms. The third-order valence-corrected chi connectivity index (χ3v) is 3.64. The lowest BCUT2D eigenvalue weighted by Crippen LogP contribution is -2.24. The molecule has 1 aromatic heterocycles. The highest BCUT2D eigenvalue weighted by atomic mass is 35.5. The number of nitrogens with zero attached hydrogens (tertiary/aromatic N) is 1. The van der Waals surface area contributed by atoms with Gasteiger partial charge in [-0.05, 0) is 18.6 Å². The maximum Gasteiger partial charge on any atom is 0.0670 e. The zero-order valence-corrected chi connectivity index (χ0v) is 12.8. The molecule has 0 atom stereocenters. The molecule has 20 heavy (non-hydrogen) atoms. The van der Waals surface area contributed by atoms with Gasteiger partial charge in [0.05, 0.1) is 17.1 Å². The minimum Gasteiger partial charge on any atom is -0.380 e. The van der Waals surface area contributed by atoms with Crippen LogP contribution in [0, 0.1) is 0 Å². The monoisotopic (exact) mass is 294 g/mol. The molecule has 1 N–H and O–H groups in total. The van der Waals surface area contributed by atoms with Gasteiger partial charge in [0.2, 0.25) is 0 Å². The number of halogens is 1. The van der Waals surface area contributed by atoms with Crippen LogP contribution in [0.25, 0.3) is 10.9 Å². The number of nitrogens with one attached hydrogen (secondary N) is 1. The third kappa shape index (κ3) is 4.23. The molecule has 0 saturated heterocycles. The summed E-state index contributed by atoms with van der Waals surface area (Å²) in [4.78, 5) is 0.